The summed E-state index contributed by atoms with van der Waals surface area (Å²) in [7, 11) is 0. The molecule has 2 N–H and O–H groups in total. The molecule has 1 aliphatic rings. The number of unbranched alkanes of at least 4 members (excludes halogenated alkanes) is 3. The third-order valence-electron chi connectivity index (χ3n) is 4.35. The highest BCUT2D eigenvalue weighted by Gasteiger charge is 2.19. The Bertz CT molecular complexity index is 492. The van der Waals surface area contributed by atoms with Crippen molar-refractivity contribution in [2.45, 2.75) is 57.3 Å². The maximum atomic E-state index is 12.0. The Kier molecular flexibility index (Phi) is 6.44. The van der Waals surface area contributed by atoms with E-state index in [1.165, 1.54) is 24.8 Å². The van der Waals surface area contributed by atoms with Crippen LogP contribution in [0, 0.1) is 0 Å². The van der Waals surface area contributed by atoms with Gasteiger partial charge in [0.05, 0.1) is 0 Å². The molecule has 1 amide bonds. The van der Waals surface area contributed by atoms with Gasteiger partial charge in [0.2, 0.25) is 0 Å². The zero-order valence-corrected chi connectivity index (χ0v) is 13.0. The van der Waals surface area contributed by atoms with Gasteiger partial charge in [-0.15, -0.1) is 0 Å². The van der Waals surface area contributed by atoms with Gasteiger partial charge < -0.3 is 10.4 Å². The van der Waals surface area contributed by atoms with Crippen LogP contribution >= 0.6 is 0 Å². The average Bonchev–Trinajstić information content (AvgIpc) is 2.44. The van der Waals surface area contributed by atoms with Gasteiger partial charge in [0.1, 0.15) is 0 Å². The van der Waals surface area contributed by atoms with E-state index in [4.69, 9.17) is 5.11 Å². The van der Waals surface area contributed by atoms with Crippen molar-refractivity contribution in [3.63, 3.8) is 0 Å². The second-order valence-electron chi connectivity index (χ2n) is 6.06. The summed E-state index contributed by atoms with van der Waals surface area (Å²) in [5.74, 6) is -0.0627. The number of carboxylic acid groups (broad SMARTS) is 1. The number of hydrogen-bond donors (Lipinski definition) is 2. The highest BCUT2D eigenvalue weighted by atomic mass is 16.4. The van der Waals surface area contributed by atoms with Gasteiger partial charge in [-0.05, 0) is 49.3 Å². The predicted molar refractivity (Wildman–Crippen MR) is 86.1 cm³/mol. The molecule has 1 aliphatic carbocycles. The van der Waals surface area contributed by atoms with E-state index in [0.29, 0.717) is 24.4 Å². The molecule has 0 atom stereocenters. The van der Waals surface area contributed by atoms with Crippen LogP contribution in [0.4, 0.5) is 0 Å². The predicted octanol–water partition coefficient (Wildman–Crippen LogP) is 3.72. The standard InChI is InChI=1S/C18H25NO3/c20-17(21)8-3-1-2-4-13-19-18(22)16-11-9-15(10-12-16)14-6-5-7-14/h9-12,14H,1-8,13H2,(H,19,22)(H,20,21). The molecule has 0 heterocycles. The van der Waals surface area contributed by atoms with E-state index < -0.39 is 5.97 Å². The fourth-order valence-electron chi connectivity index (χ4n) is 2.71. The number of amides is 1. The minimum absolute atomic E-state index is 0.0225. The highest BCUT2D eigenvalue weighted by molar-refractivity contribution is 5.94. The lowest BCUT2D eigenvalue weighted by Crippen LogP contribution is -2.24. The maximum absolute atomic E-state index is 12.0. The molecule has 22 heavy (non-hydrogen) atoms. The SMILES string of the molecule is O=C(O)CCCCCCNC(=O)c1ccc(C2CCC2)cc1. The topological polar surface area (TPSA) is 66.4 Å². The van der Waals surface area contributed by atoms with Gasteiger partial charge in [-0.25, -0.2) is 0 Å². The Labute approximate surface area is 131 Å². The lowest BCUT2D eigenvalue weighted by Gasteiger charge is -2.25. The third kappa shape index (κ3) is 5.17. The molecule has 0 unspecified atom stereocenters. The van der Waals surface area contributed by atoms with E-state index in [0.717, 1.165) is 19.3 Å². The van der Waals surface area contributed by atoms with Crippen LogP contribution in [-0.2, 0) is 4.79 Å². The number of carboxylic acids is 1. The molecule has 0 radical (unpaired) electrons. The van der Waals surface area contributed by atoms with E-state index in [1.54, 1.807) is 0 Å². The summed E-state index contributed by atoms with van der Waals surface area (Å²) in [6.07, 6.45) is 7.56. The van der Waals surface area contributed by atoms with Crippen LogP contribution in [0.1, 0.15) is 73.2 Å². The molecule has 0 aromatic heterocycles. The molecule has 1 aromatic rings. The van der Waals surface area contributed by atoms with Crippen LogP contribution in [-0.4, -0.2) is 23.5 Å². The summed E-state index contributed by atoms with van der Waals surface area (Å²) < 4.78 is 0. The van der Waals surface area contributed by atoms with Crippen molar-refractivity contribution in [2.24, 2.45) is 0 Å². The number of nitrogens with one attached hydrogen (secondary N) is 1. The Morgan fingerprint density at radius 3 is 2.32 bits per heavy atom. The van der Waals surface area contributed by atoms with Crippen LogP contribution in [0.15, 0.2) is 24.3 Å². The lowest BCUT2D eigenvalue weighted by atomic mass is 9.80. The molecule has 4 nitrogen and oxygen atoms in total. The van der Waals surface area contributed by atoms with Crippen LogP contribution in [0.3, 0.4) is 0 Å². The second-order valence-corrected chi connectivity index (χ2v) is 6.06. The fourth-order valence-corrected chi connectivity index (χ4v) is 2.71. The number of carbonyl (C=O) groups is 2. The first kappa shape index (κ1) is 16.5. The Balaban J connectivity index is 1.61. The van der Waals surface area contributed by atoms with Crippen molar-refractivity contribution >= 4 is 11.9 Å². The van der Waals surface area contributed by atoms with Crippen molar-refractivity contribution in [1.82, 2.24) is 5.32 Å². The van der Waals surface area contributed by atoms with Gasteiger partial charge in [0, 0.05) is 18.5 Å². The van der Waals surface area contributed by atoms with Crippen LogP contribution in [0.2, 0.25) is 0 Å². The summed E-state index contributed by atoms with van der Waals surface area (Å²) in [5.41, 5.74) is 2.06. The molecule has 1 saturated carbocycles. The highest BCUT2D eigenvalue weighted by Crippen LogP contribution is 2.36. The van der Waals surface area contributed by atoms with Gasteiger partial charge in [0.25, 0.3) is 5.91 Å². The third-order valence-corrected chi connectivity index (χ3v) is 4.35. The van der Waals surface area contributed by atoms with E-state index in [-0.39, 0.29) is 12.3 Å². The molecule has 1 aromatic carbocycles. The molecule has 2 rings (SSSR count). The van der Waals surface area contributed by atoms with Crippen molar-refractivity contribution in [1.29, 1.82) is 0 Å². The number of hydrogen-bond acceptors (Lipinski definition) is 2. The minimum Gasteiger partial charge on any atom is -0.481 e. The largest absolute Gasteiger partial charge is 0.481 e. The number of carbonyl (C=O) groups excluding carboxylic acids is 1. The summed E-state index contributed by atoms with van der Waals surface area (Å²) in [6, 6.07) is 7.97. The first-order chi connectivity index (χ1) is 10.7. The van der Waals surface area contributed by atoms with Crippen LogP contribution in [0.5, 0.6) is 0 Å². The average molecular weight is 303 g/mol. The Morgan fingerprint density at radius 1 is 1.05 bits per heavy atom. The van der Waals surface area contributed by atoms with Crippen molar-refractivity contribution in [3.05, 3.63) is 35.4 Å². The molecule has 0 saturated heterocycles. The minimum atomic E-state index is -0.737. The van der Waals surface area contributed by atoms with Gasteiger partial charge in [-0.3, -0.25) is 9.59 Å². The van der Waals surface area contributed by atoms with E-state index in [9.17, 15) is 9.59 Å². The lowest BCUT2D eigenvalue weighted by molar-refractivity contribution is -0.137. The maximum Gasteiger partial charge on any atom is 0.303 e. The molecule has 0 bridgehead atoms. The smallest absolute Gasteiger partial charge is 0.303 e. The molecular weight excluding hydrogens is 278 g/mol. The molecule has 0 spiro atoms. The Hall–Kier alpha value is -1.84. The quantitative estimate of drug-likeness (QED) is 0.683. The summed E-state index contributed by atoms with van der Waals surface area (Å²) in [5, 5.41) is 11.5. The first-order valence-corrected chi connectivity index (χ1v) is 8.27. The van der Waals surface area contributed by atoms with E-state index >= 15 is 0 Å². The number of benzene rings is 1. The molecular formula is C18H25NO3. The van der Waals surface area contributed by atoms with Gasteiger partial charge in [-0.2, -0.15) is 0 Å². The zero-order valence-electron chi connectivity index (χ0n) is 13.0. The summed E-state index contributed by atoms with van der Waals surface area (Å²) >= 11 is 0. The summed E-state index contributed by atoms with van der Waals surface area (Å²) in [6.45, 7) is 0.649. The van der Waals surface area contributed by atoms with Crippen LogP contribution in [0.25, 0.3) is 0 Å². The first-order valence-electron chi connectivity index (χ1n) is 8.27. The molecule has 1 fully saturated rings. The van der Waals surface area contributed by atoms with Crippen molar-refractivity contribution in [2.75, 3.05) is 6.54 Å². The van der Waals surface area contributed by atoms with E-state index in [1.807, 2.05) is 12.1 Å². The Morgan fingerprint density at radius 2 is 1.73 bits per heavy atom. The molecule has 0 aliphatic heterocycles. The normalized spacial score (nSPS) is 14.4. The van der Waals surface area contributed by atoms with Crippen molar-refractivity contribution < 1.29 is 14.7 Å². The summed E-state index contributed by atoms with van der Waals surface area (Å²) in [4.78, 5) is 22.4. The molecule has 4 heteroatoms. The second kappa shape index (κ2) is 8.57. The van der Waals surface area contributed by atoms with Gasteiger partial charge in [0.15, 0.2) is 0 Å². The van der Waals surface area contributed by atoms with E-state index in [2.05, 4.69) is 17.4 Å². The zero-order chi connectivity index (χ0) is 15.8. The van der Waals surface area contributed by atoms with Gasteiger partial charge >= 0.3 is 5.97 Å². The van der Waals surface area contributed by atoms with Gasteiger partial charge in [-0.1, -0.05) is 31.4 Å². The van der Waals surface area contributed by atoms with Crippen LogP contribution < -0.4 is 5.32 Å². The van der Waals surface area contributed by atoms with Crippen molar-refractivity contribution in [3.8, 4) is 0 Å². The monoisotopic (exact) mass is 303 g/mol. The number of aliphatic carboxylic acids is 1. The number of rotatable bonds is 9. The molecule has 120 valence electrons. The fraction of sp³-hybridized carbons (Fsp3) is 0.556.